The normalized spacial score (nSPS) is 18.8. The lowest BCUT2D eigenvalue weighted by atomic mass is 9.78. The van der Waals surface area contributed by atoms with Crippen molar-refractivity contribution in [1.29, 1.82) is 0 Å². The third-order valence-electron chi connectivity index (χ3n) is 6.36. The van der Waals surface area contributed by atoms with E-state index in [0.717, 1.165) is 43.5 Å². The molecule has 1 aliphatic heterocycles. The van der Waals surface area contributed by atoms with Gasteiger partial charge in [-0.15, -0.1) is 0 Å². The Balaban J connectivity index is 1.51. The summed E-state index contributed by atoms with van der Waals surface area (Å²) in [5.41, 5.74) is 1.37. The van der Waals surface area contributed by atoms with Gasteiger partial charge in [-0.05, 0) is 25.0 Å². The zero-order valence-corrected chi connectivity index (χ0v) is 17.3. The second-order valence-corrected chi connectivity index (χ2v) is 8.22. The molecule has 154 valence electrons. The standard InChI is InChI=1S/C22H29N5O2/c1-3-19-23-20(25-24-19)17-7-9-18(10-8-17)21(29)26-13-14-27(16(2)28)22(15-26)11-5-4-6-12-22/h7-10H,3-6,11-15H2,1-2H3,(H,23,24,25). The van der Waals surface area contributed by atoms with Crippen LogP contribution in [-0.4, -0.2) is 62.0 Å². The van der Waals surface area contributed by atoms with E-state index in [2.05, 4.69) is 15.2 Å². The number of rotatable bonds is 3. The predicted octanol–water partition coefficient (Wildman–Crippen LogP) is 3.04. The number of piperazine rings is 1. The number of benzene rings is 1. The maximum Gasteiger partial charge on any atom is 0.253 e. The molecular formula is C22H29N5O2. The molecule has 2 fully saturated rings. The molecule has 2 heterocycles. The SMILES string of the molecule is CCc1nc(-c2ccc(C(=O)N3CCN(C(C)=O)C4(CCCCC4)C3)cc2)n[nH]1. The van der Waals surface area contributed by atoms with Gasteiger partial charge in [-0.3, -0.25) is 14.7 Å². The second-order valence-electron chi connectivity index (χ2n) is 8.22. The summed E-state index contributed by atoms with van der Waals surface area (Å²) in [5, 5.41) is 7.16. The molecule has 7 heteroatoms. The number of carbonyl (C=O) groups is 2. The summed E-state index contributed by atoms with van der Waals surface area (Å²) in [5.74, 6) is 1.66. The van der Waals surface area contributed by atoms with Gasteiger partial charge in [0.15, 0.2) is 5.82 Å². The van der Waals surface area contributed by atoms with Crippen molar-refractivity contribution in [3.63, 3.8) is 0 Å². The molecule has 0 unspecified atom stereocenters. The van der Waals surface area contributed by atoms with Crippen molar-refractivity contribution in [2.24, 2.45) is 0 Å². The van der Waals surface area contributed by atoms with Crippen LogP contribution in [0, 0.1) is 0 Å². The Labute approximate surface area is 171 Å². The highest BCUT2D eigenvalue weighted by Crippen LogP contribution is 2.37. The molecule has 0 bridgehead atoms. The molecule has 1 N–H and O–H groups in total. The summed E-state index contributed by atoms with van der Waals surface area (Å²) in [6, 6.07) is 7.51. The lowest BCUT2D eigenvalue weighted by Gasteiger charge is -2.52. The van der Waals surface area contributed by atoms with Gasteiger partial charge in [0.1, 0.15) is 5.82 Å². The van der Waals surface area contributed by atoms with Crippen molar-refractivity contribution in [1.82, 2.24) is 25.0 Å². The fourth-order valence-corrected chi connectivity index (χ4v) is 4.81. The number of aromatic nitrogens is 3. The lowest BCUT2D eigenvalue weighted by molar-refractivity contribution is -0.141. The fraction of sp³-hybridized carbons (Fsp3) is 0.545. The molecule has 4 rings (SSSR count). The molecule has 1 saturated heterocycles. The monoisotopic (exact) mass is 395 g/mol. The average Bonchev–Trinajstić information content (AvgIpc) is 3.23. The molecule has 2 aliphatic rings. The van der Waals surface area contributed by atoms with Gasteiger partial charge in [0, 0.05) is 44.1 Å². The van der Waals surface area contributed by atoms with Gasteiger partial charge >= 0.3 is 0 Å². The maximum atomic E-state index is 13.2. The molecule has 0 atom stereocenters. The summed E-state index contributed by atoms with van der Waals surface area (Å²) in [4.78, 5) is 33.8. The number of hydrogen-bond donors (Lipinski definition) is 1. The van der Waals surface area contributed by atoms with Crippen molar-refractivity contribution in [2.45, 2.75) is 57.9 Å². The van der Waals surface area contributed by atoms with Gasteiger partial charge in [0.25, 0.3) is 5.91 Å². The number of nitrogens with zero attached hydrogens (tertiary/aromatic N) is 4. The van der Waals surface area contributed by atoms with E-state index in [1.54, 1.807) is 6.92 Å². The highest BCUT2D eigenvalue weighted by molar-refractivity contribution is 5.95. The molecule has 2 amide bonds. The number of amides is 2. The minimum atomic E-state index is -0.187. The van der Waals surface area contributed by atoms with E-state index in [1.165, 1.54) is 6.42 Å². The molecule has 1 aliphatic carbocycles. The van der Waals surface area contributed by atoms with Crippen LogP contribution in [0.5, 0.6) is 0 Å². The van der Waals surface area contributed by atoms with Gasteiger partial charge in [0.2, 0.25) is 5.91 Å². The topological polar surface area (TPSA) is 82.2 Å². The van der Waals surface area contributed by atoms with Gasteiger partial charge in [0.05, 0.1) is 5.54 Å². The number of aryl methyl sites for hydroxylation is 1. The largest absolute Gasteiger partial charge is 0.335 e. The summed E-state index contributed by atoms with van der Waals surface area (Å²) < 4.78 is 0. The summed E-state index contributed by atoms with van der Waals surface area (Å²) in [7, 11) is 0. The number of H-pyrrole nitrogens is 1. The fourth-order valence-electron chi connectivity index (χ4n) is 4.81. The minimum absolute atomic E-state index is 0.0361. The van der Waals surface area contributed by atoms with E-state index in [0.29, 0.717) is 31.0 Å². The first-order valence-corrected chi connectivity index (χ1v) is 10.6. The van der Waals surface area contributed by atoms with Crippen LogP contribution in [0.1, 0.15) is 62.1 Å². The van der Waals surface area contributed by atoms with Gasteiger partial charge in [-0.2, -0.15) is 5.10 Å². The van der Waals surface area contributed by atoms with Gasteiger partial charge in [-0.1, -0.05) is 38.3 Å². The van der Waals surface area contributed by atoms with Crippen molar-refractivity contribution in [3.05, 3.63) is 35.7 Å². The zero-order chi connectivity index (χ0) is 20.4. The first kappa shape index (κ1) is 19.6. The van der Waals surface area contributed by atoms with Crippen LogP contribution < -0.4 is 0 Å². The molecule has 1 aromatic heterocycles. The Bertz CT molecular complexity index is 883. The lowest BCUT2D eigenvalue weighted by Crippen LogP contribution is -2.65. The summed E-state index contributed by atoms with van der Waals surface area (Å²) in [6.45, 7) is 5.52. The van der Waals surface area contributed by atoms with Crippen LogP contribution in [0.2, 0.25) is 0 Å². The van der Waals surface area contributed by atoms with E-state index >= 15 is 0 Å². The van der Waals surface area contributed by atoms with Crippen molar-refractivity contribution >= 4 is 11.8 Å². The van der Waals surface area contributed by atoms with Crippen LogP contribution >= 0.6 is 0 Å². The third-order valence-corrected chi connectivity index (χ3v) is 6.36. The third kappa shape index (κ3) is 3.78. The highest BCUT2D eigenvalue weighted by atomic mass is 16.2. The van der Waals surface area contributed by atoms with Crippen LogP contribution in [0.4, 0.5) is 0 Å². The number of hydrogen-bond acceptors (Lipinski definition) is 4. The minimum Gasteiger partial charge on any atom is -0.335 e. The Hall–Kier alpha value is -2.70. The van der Waals surface area contributed by atoms with E-state index in [4.69, 9.17) is 0 Å². The number of nitrogens with one attached hydrogen (secondary N) is 1. The molecule has 1 saturated carbocycles. The number of aromatic amines is 1. The Kier molecular flexibility index (Phi) is 5.39. The van der Waals surface area contributed by atoms with Crippen LogP contribution in [0.25, 0.3) is 11.4 Å². The smallest absolute Gasteiger partial charge is 0.253 e. The van der Waals surface area contributed by atoms with E-state index in [9.17, 15) is 9.59 Å². The van der Waals surface area contributed by atoms with Crippen molar-refractivity contribution < 1.29 is 9.59 Å². The predicted molar refractivity (Wildman–Crippen MR) is 110 cm³/mol. The molecular weight excluding hydrogens is 366 g/mol. The molecule has 29 heavy (non-hydrogen) atoms. The highest BCUT2D eigenvalue weighted by Gasteiger charge is 2.44. The van der Waals surface area contributed by atoms with Crippen LogP contribution in [0.3, 0.4) is 0 Å². The van der Waals surface area contributed by atoms with Crippen LogP contribution in [0.15, 0.2) is 24.3 Å². The molecule has 1 aromatic carbocycles. The van der Waals surface area contributed by atoms with Gasteiger partial charge in [-0.25, -0.2) is 4.98 Å². The second kappa shape index (κ2) is 7.97. The first-order chi connectivity index (χ1) is 14.0. The molecule has 0 radical (unpaired) electrons. The van der Waals surface area contributed by atoms with Crippen molar-refractivity contribution in [2.75, 3.05) is 19.6 Å². The van der Waals surface area contributed by atoms with Crippen molar-refractivity contribution in [3.8, 4) is 11.4 Å². The van der Waals surface area contributed by atoms with Crippen LogP contribution in [-0.2, 0) is 11.2 Å². The molecule has 7 nitrogen and oxygen atoms in total. The quantitative estimate of drug-likeness (QED) is 0.866. The van der Waals surface area contributed by atoms with Gasteiger partial charge < -0.3 is 9.80 Å². The van der Waals surface area contributed by atoms with E-state index < -0.39 is 0 Å². The Morgan fingerprint density at radius 3 is 2.45 bits per heavy atom. The molecule has 1 spiro atoms. The van der Waals surface area contributed by atoms with E-state index in [-0.39, 0.29) is 17.4 Å². The Morgan fingerprint density at radius 2 is 1.83 bits per heavy atom. The zero-order valence-electron chi connectivity index (χ0n) is 17.3. The Morgan fingerprint density at radius 1 is 1.10 bits per heavy atom. The average molecular weight is 396 g/mol. The van der Waals surface area contributed by atoms with E-state index in [1.807, 2.05) is 41.0 Å². The summed E-state index contributed by atoms with van der Waals surface area (Å²) >= 11 is 0. The molecule has 2 aromatic rings. The number of carbonyl (C=O) groups excluding carboxylic acids is 2. The summed E-state index contributed by atoms with van der Waals surface area (Å²) in [6.07, 6.45) is 6.23. The maximum absolute atomic E-state index is 13.2. The first-order valence-electron chi connectivity index (χ1n) is 10.6.